The molecule has 1 aliphatic carbocycles. The lowest BCUT2D eigenvalue weighted by Gasteiger charge is -2.12. The molecule has 5 nitrogen and oxygen atoms in total. The fraction of sp³-hybridized carbons (Fsp3) is 0.316. The number of thioether (sulfide) groups is 1. The molecule has 2 heterocycles. The van der Waals surface area contributed by atoms with Crippen molar-refractivity contribution >= 4 is 28.7 Å². The number of H-pyrrole nitrogens is 1. The maximum atomic E-state index is 12.2. The van der Waals surface area contributed by atoms with Crippen LogP contribution in [0.15, 0.2) is 47.6 Å². The van der Waals surface area contributed by atoms with E-state index in [1.807, 2.05) is 36.4 Å². The number of aromatic amines is 1. The number of fused-ring (bicyclic) bond motifs is 1. The minimum Gasteiger partial charge on any atom is -0.353 e. The largest absolute Gasteiger partial charge is 0.353 e. The van der Waals surface area contributed by atoms with Crippen LogP contribution in [-0.2, 0) is 4.79 Å². The highest BCUT2D eigenvalue weighted by Crippen LogP contribution is 2.29. The van der Waals surface area contributed by atoms with Crippen LogP contribution in [-0.4, -0.2) is 32.7 Å². The van der Waals surface area contributed by atoms with Crippen LogP contribution < -0.4 is 5.32 Å². The fourth-order valence-electron chi connectivity index (χ4n) is 3.24. The first-order valence-electron chi connectivity index (χ1n) is 8.62. The van der Waals surface area contributed by atoms with Crippen molar-refractivity contribution in [3.05, 3.63) is 42.6 Å². The number of nitrogens with zero attached hydrogens (tertiary/aromatic N) is 2. The molecule has 1 saturated carbocycles. The molecule has 2 aromatic heterocycles. The van der Waals surface area contributed by atoms with Gasteiger partial charge < -0.3 is 10.3 Å². The van der Waals surface area contributed by atoms with Gasteiger partial charge in [-0.2, -0.15) is 0 Å². The molecule has 6 heteroatoms. The van der Waals surface area contributed by atoms with E-state index in [-0.39, 0.29) is 5.91 Å². The summed E-state index contributed by atoms with van der Waals surface area (Å²) in [6.45, 7) is 0. The number of para-hydroxylation sites is 2. The number of hydrogen-bond acceptors (Lipinski definition) is 4. The summed E-state index contributed by atoms with van der Waals surface area (Å²) in [4.78, 5) is 24.6. The molecule has 0 radical (unpaired) electrons. The van der Waals surface area contributed by atoms with Crippen molar-refractivity contribution in [3.63, 3.8) is 0 Å². The van der Waals surface area contributed by atoms with E-state index in [2.05, 4.69) is 20.3 Å². The predicted octanol–water partition coefficient (Wildman–Crippen LogP) is 3.78. The van der Waals surface area contributed by atoms with Gasteiger partial charge in [-0.05, 0) is 37.1 Å². The van der Waals surface area contributed by atoms with Crippen LogP contribution in [0.2, 0.25) is 0 Å². The van der Waals surface area contributed by atoms with E-state index in [9.17, 15) is 4.79 Å². The smallest absolute Gasteiger partial charge is 0.230 e. The summed E-state index contributed by atoms with van der Waals surface area (Å²) in [6.07, 6.45) is 6.39. The molecule has 1 aliphatic rings. The Bertz CT molecular complexity index is 853. The quantitative estimate of drug-likeness (QED) is 0.686. The van der Waals surface area contributed by atoms with E-state index in [1.165, 1.54) is 24.6 Å². The Balaban J connectivity index is 1.49. The van der Waals surface area contributed by atoms with Gasteiger partial charge in [0.25, 0.3) is 0 Å². The zero-order valence-corrected chi connectivity index (χ0v) is 14.7. The summed E-state index contributed by atoms with van der Waals surface area (Å²) >= 11 is 1.46. The van der Waals surface area contributed by atoms with Gasteiger partial charge in [-0.1, -0.05) is 36.7 Å². The van der Waals surface area contributed by atoms with E-state index in [4.69, 9.17) is 0 Å². The molecule has 1 fully saturated rings. The normalized spacial score (nSPS) is 14.9. The zero-order chi connectivity index (χ0) is 17.1. The van der Waals surface area contributed by atoms with Crippen molar-refractivity contribution < 1.29 is 4.79 Å². The van der Waals surface area contributed by atoms with Crippen LogP contribution in [0, 0.1) is 0 Å². The molecule has 0 saturated heterocycles. The van der Waals surface area contributed by atoms with E-state index >= 15 is 0 Å². The highest BCUT2D eigenvalue weighted by atomic mass is 32.2. The summed E-state index contributed by atoms with van der Waals surface area (Å²) in [5, 5.41) is 3.94. The summed E-state index contributed by atoms with van der Waals surface area (Å²) in [5.41, 5.74) is 2.85. The Morgan fingerprint density at radius 1 is 1.20 bits per heavy atom. The standard InChI is InChI=1S/C19H20N4OS/c24-17(21-13-6-1-2-7-13)12-25-19-14(8-5-11-20-19)18-22-15-9-3-4-10-16(15)23-18/h3-5,8-11,13H,1-2,6-7,12H2,(H,21,24)(H,22,23). The van der Waals surface area contributed by atoms with Crippen LogP contribution in [0.4, 0.5) is 0 Å². The molecule has 0 atom stereocenters. The average Bonchev–Trinajstić information content (AvgIpc) is 3.29. The number of carbonyl (C=O) groups is 1. The maximum Gasteiger partial charge on any atom is 0.230 e. The van der Waals surface area contributed by atoms with Crippen LogP contribution in [0.1, 0.15) is 25.7 Å². The van der Waals surface area contributed by atoms with Gasteiger partial charge in [-0.3, -0.25) is 4.79 Å². The third kappa shape index (κ3) is 3.69. The fourth-order valence-corrected chi connectivity index (χ4v) is 4.05. The molecule has 0 unspecified atom stereocenters. The number of nitrogens with one attached hydrogen (secondary N) is 2. The Hall–Kier alpha value is -2.34. The van der Waals surface area contributed by atoms with Gasteiger partial charge in [0.2, 0.25) is 5.91 Å². The third-order valence-electron chi connectivity index (χ3n) is 4.48. The Morgan fingerprint density at radius 2 is 2.04 bits per heavy atom. The molecule has 25 heavy (non-hydrogen) atoms. The highest BCUT2D eigenvalue weighted by molar-refractivity contribution is 8.00. The van der Waals surface area contributed by atoms with E-state index in [1.54, 1.807) is 6.20 Å². The molecule has 3 aromatic rings. The minimum absolute atomic E-state index is 0.0816. The molecule has 1 amide bonds. The van der Waals surface area contributed by atoms with Gasteiger partial charge >= 0.3 is 0 Å². The molecular weight excluding hydrogens is 332 g/mol. The SMILES string of the molecule is O=C(CSc1ncccc1-c1nc2ccccc2[nH]1)NC1CCCC1. The van der Waals surface area contributed by atoms with Gasteiger partial charge in [0, 0.05) is 17.8 Å². The number of benzene rings is 1. The van der Waals surface area contributed by atoms with Crippen molar-refractivity contribution in [2.45, 2.75) is 36.8 Å². The predicted molar refractivity (Wildman–Crippen MR) is 100 cm³/mol. The molecule has 0 bridgehead atoms. The third-order valence-corrected chi connectivity index (χ3v) is 5.48. The van der Waals surface area contributed by atoms with Crippen LogP contribution in [0.25, 0.3) is 22.4 Å². The minimum atomic E-state index is 0.0816. The highest BCUT2D eigenvalue weighted by Gasteiger charge is 2.18. The Morgan fingerprint density at radius 3 is 2.88 bits per heavy atom. The van der Waals surface area contributed by atoms with Gasteiger partial charge in [-0.25, -0.2) is 9.97 Å². The molecule has 0 aliphatic heterocycles. The zero-order valence-electron chi connectivity index (χ0n) is 13.9. The van der Waals surface area contributed by atoms with Crippen LogP contribution in [0.3, 0.4) is 0 Å². The second-order valence-electron chi connectivity index (χ2n) is 6.30. The van der Waals surface area contributed by atoms with Gasteiger partial charge in [-0.15, -0.1) is 0 Å². The second-order valence-corrected chi connectivity index (χ2v) is 7.26. The number of rotatable bonds is 5. The Labute approximate surface area is 150 Å². The number of pyridine rings is 1. The first-order chi connectivity index (χ1) is 12.3. The molecule has 2 N–H and O–H groups in total. The molecule has 4 rings (SSSR count). The van der Waals surface area contributed by atoms with Crippen molar-refractivity contribution in [1.82, 2.24) is 20.3 Å². The number of imidazole rings is 1. The van der Waals surface area contributed by atoms with E-state index in [0.717, 1.165) is 40.3 Å². The summed E-state index contributed by atoms with van der Waals surface area (Å²) in [5.74, 6) is 1.24. The maximum absolute atomic E-state index is 12.2. The summed E-state index contributed by atoms with van der Waals surface area (Å²) in [6, 6.07) is 12.2. The Kier molecular flexibility index (Phi) is 4.70. The topological polar surface area (TPSA) is 70.7 Å². The van der Waals surface area contributed by atoms with Crippen molar-refractivity contribution in [2.24, 2.45) is 0 Å². The number of carbonyl (C=O) groups excluding carboxylic acids is 1. The van der Waals surface area contributed by atoms with E-state index < -0.39 is 0 Å². The molecular formula is C19H20N4OS. The number of amides is 1. The van der Waals surface area contributed by atoms with Gasteiger partial charge in [0.15, 0.2) is 0 Å². The molecule has 128 valence electrons. The lowest BCUT2D eigenvalue weighted by atomic mass is 10.2. The number of aromatic nitrogens is 3. The first-order valence-corrected chi connectivity index (χ1v) is 9.60. The van der Waals surface area contributed by atoms with Crippen LogP contribution in [0.5, 0.6) is 0 Å². The lowest BCUT2D eigenvalue weighted by molar-refractivity contribution is -0.119. The lowest BCUT2D eigenvalue weighted by Crippen LogP contribution is -2.33. The van der Waals surface area contributed by atoms with E-state index in [0.29, 0.717) is 11.8 Å². The molecule has 1 aromatic carbocycles. The van der Waals surface area contributed by atoms with Gasteiger partial charge in [0.1, 0.15) is 10.9 Å². The van der Waals surface area contributed by atoms with Crippen molar-refractivity contribution in [3.8, 4) is 11.4 Å². The van der Waals surface area contributed by atoms with Gasteiger partial charge in [0.05, 0.1) is 16.8 Å². The second kappa shape index (κ2) is 7.27. The van der Waals surface area contributed by atoms with Crippen molar-refractivity contribution in [1.29, 1.82) is 0 Å². The number of hydrogen-bond donors (Lipinski definition) is 2. The van der Waals surface area contributed by atoms with Crippen LogP contribution >= 0.6 is 11.8 Å². The van der Waals surface area contributed by atoms with Crippen molar-refractivity contribution in [2.75, 3.05) is 5.75 Å². The average molecular weight is 352 g/mol. The monoisotopic (exact) mass is 352 g/mol. The molecule has 0 spiro atoms. The summed E-state index contributed by atoms with van der Waals surface area (Å²) < 4.78 is 0. The first kappa shape index (κ1) is 16.1. The summed E-state index contributed by atoms with van der Waals surface area (Å²) in [7, 11) is 0.